The molecular formula is C21H25N5O2. The molecule has 3 rings (SSSR count). The van der Waals surface area contributed by atoms with Crippen LogP contribution in [-0.2, 0) is 17.8 Å². The van der Waals surface area contributed by atoms with Gasteiger partial charge in [-0.3, -0.25) is 4.79 Å². The number of nitrogens with one attached hydrogen (secondary N) is 1. The number of unbranched alkanes of at least 4 members (excludes halogenated alkanes) is 1. The number of benzene rings is 2. The number of nitrogens with zero attached hydrogens (tertiary/aromatic N) is 3. The van der Waals surface area contributed by atoms with Crippen LogP contribution in [0.4, 0.5) is 11.4 Å². The van der Waals surface area contributed by atoms with Gasteiger partial charge in [0.15, 0.2) is 0 Å². The first-order valence-corrected chi connectivity index (χ1v) is 9.30. The third-order valence-corrected chi connectivity index (χ3v) is 4.41. The van der Waals surface area contributed by atoms with Gasteiger partial charge in [-0.1, -0.05) is 29.5 Å². The smallest absolute Gasteiger partial charge is 0.224 e. The van der Waals surface area contributed by atoms with E-state index < -0.39 is 0 Å². The van der Waals surface area contributed by atoms with Gasteiger partial charge < -0.3 is 15.8 Å². The van der Waals surface area contributed by atoms with Crippen molar-refractivity contribution >= 4 is 17.3 Å². The molecule has 0 unspecified atom stereocenters. The van der Waals surface area contributed by atoms with Crippen LogP contribution >= 0.6 is 0 Å². The fourth-order valence-corrected chi connectivity index (χ4v) is 2.86. The summed E-state index contributed by atoms with van der Waals surface area (Å²) in [6, 6.07) is 15.1. The number of anilines is 2. The number of carbonyl (C=O) groups excluding carboxylic acids is 1. The van der Waals surface area contributed by atoms with Crippen molar-refractivity contribution in [2.45, 2.75) is 32.2 Å². The number of nitrogens with two attached hydrogens (primary N) is 1. The lowest BCUT2D eigenvalue weighted by molar-refractivity contribution is -0.116. The molecule has 0 radical (unpaired) electrons. The van der Waals surface area contributed by atoms with Crippen LogP contribution in [-0.4, -0.2) is 28.0 Å². The Bertz CT molecular complexity index is 905. The van der Waals surface area contributed by atoms with Crippen molar-refractivity contribution in [3.8, 4) is 5.75 Å². The minimum atomic E-state index is -0.0268. The molecule has 0 aliphatic rings. The third kappa shape index (κ3) is 5.57. The fraction of sp³-hybridized carbons (Fsp3) is 0.286. The lowest BCUT2D eigenvalue weighted by Gasteiger charge is -2.07. The summed E-state index contributed by atoms with van der Waals surface area (Å²) in [4.78, 5) is 12.0. The summed E-state index contributed by atoms with van der Waals surface area (Å²) in [6.45, 7) is 0.665. The van der Waals surface area contributed by atoms with E-state index in [0.717, 1.165) is 36.3 Å². The van der Waals surface area contributed by atoms with E-state index in [4.69, 9.17) is 10.5 Å². The number of rotatable bonds is 9. The van der Waals surface area contributed by atoms with Gasteiger partial charge in [-0.15, -0.1) is 5.10 Å². The second-order valence-electron chi connectivity index (χ2n) is 6.60. The maximum absolute atomic E-state index is 12.0. The van der Waals surface area contributed by atoms with Gasteiger partial charge in [0.2, 0.25) is 5.91 Å². The molecule has 28 heavy (non-hydrogen) atoms. The van der Waals surface area contributed by atoms with Crippen LogP contribution < -0.4 is 15.8 Å². The molecule has 0 saturated carbocycles. The highest BCUT2D eigenvalue weighted by Gasteiger charge is 2.06. The summed E-state index contributed by atoms with van der Waals surface area (Å²) in [6.07, 6.45) is 4.86. The number of nitrogen functional groups attached to an aromatic ring is 1. The van der Waals surface area contributed by atoms with Gasteiger partial charge in [0, 0.05) is 12.6 Å². The summed E-state index contributed by atoms with van der Waals surface area (Å²) in [7, 11) is 1.65. The van der Waals surface area contributed by atoms with Gasteiger partial charge in [0.1, 0.15) is 5.75 Å². The number of aromatic nitrogens is 3. The summed E-state index contributed by atoms with van der Waals surface area (Å²) >= 11 is 0. The molecule has 0 atom stereocenters. The molecule has 0 saturated heterocycles. The Kier molecular flexibility index (Phi) is 6.62. The molecule has 1 heterocycles. The number of ether oxygens (including phenoxy) is 1. The molecule has 0 fully saturated rings. The van der Waals surface area contributed by atoms with E-state index in [9.17, 15) is 4.79 Å². The van der Waals surface area contributed by atoms with Gasteiger partial charge in [0.05, 0.1) is 30.7 Å². The Labute approximate surface area is 164 Å². The lowest BCUT2D eigenvalue weighted by Crippen LogP contribution is -2.12. The monoisotopic (exact) mass is 379 g/mol. The molecule has 7 nitrogen and oxygen atoms in total. The van der Waals surface area contributed by atoms with E-state index in [2.05, 4.69) is 15.6 Å². The van der Waals surface area contributed by atoms with Crippen LogP contribution in [0, 0.1) is 0 Å². The van der Waals surface area contributed by atoms with Crippen LogP contribution in [0.15, 0.2) is 54.7 Å². The number of carbonyl (C=O) groups is 1. The average Bonchev–Trinajstić information content (AvgIpc) is 3.15. The van der Waals surface area contributed by atoms with E-state index in [-0.39, 0.29) is 5.91 Å². The van der Waals surface area contributed by atoms with Gasteiger partial charge in [-0.2, -0.15) is 0 Å². The molecule has 0 bridgehead atoms. The Balaban J connectivity index is 1.39. The van der Waals surface area contributed by atoms with E-state index in [1.807, 2.05) is 47.3 Å². The van der Waals surface area contributed by atoms with Gasteiger partial charge in [0.25, 0.3) is 0 Å². The zero-order chi connectivity index (χ0) is 19.8. The Morgan fingerprint density at radius 1 is 1.14 bits per heavy atom. The number of methoxy groups -OCH3 is 1. The minimum absolute atomic E-state index is 0.0268. The van der Waals surface area contributed by atoms with Crippen LogP contribution in [0.5, 0.6) is 5.75 Å². The normalized spacial score (nSPS) is 10.6. The summed E-state index contributed by atoms with van der Waals surface area (Å²) in [5.41, 5.74) is 9.13. The number of aryl methyl sites for hydroxylation is 1. The molecule has 7 heteroatoms. The molecule has 0 aliphatic heterocycles. The second-order valence-corrected chi connectivity index (χ2v) is 6.60. The minimum Gasteiger partial charge on any atom is -0.497 e. The Morgan fingerprint density at radius 2 is 1.93 bits per heavy atom. The van der Waals surface area contributed by atoms with Crippen molar-refractivity contribution in [1.82, 2.24) is 15.0 Å². The maximum atomic E-state index is 12.0. The van der Waals surface area contributed by atoms with Crippen molar-refractivity contribution in [3.63, 3.8) is 0 Å². The number of hydrogen-bond donors (Lipinski definition) is 2. The van der Waals surface area contributed by atoms with Crippen LogP contribution in [0.1, 0.15) is 30.5 Å². The first-order valence-electron chi connectivity index (χ1n) is 9.30. The average molecular weight is 379 g/mol. The Hall–Kier alpha value is -3.35. The quantitative estimate of drug-likeness (QED) is 0.439. The van der Waals surface area contributed by atoms with Crippen LogP contribution in [0.25, 0.3) is 0 Å². The number of para-hydroxylation sites is 2. The highest BCUT2D eigenvalue weighted by Crippen LogP contribution is 2.17. The predicted octanol–water partition coefficient (Wildman–Crippen LogP) is 3.27. The standard InChI is InChI=1S/C21H25N5O2/c1-28-18-12-10-16(11-13-18)14-26-15-17(24-25-26)6-2-5-9-21(27)23-20-8-4-3-7-19(20)22/h3-4,7-8,10-13,15H,2,5-6,9,14,22H2,1H3,(H,23,27). The molecule has 0 spiro atoms. The van der Waals surface area contributed by atoms with Crippen molar-refractivity contribution in [2.24, 2.45) is 0 Å². The maximum Gasteiger partial charge on any atom is 0.224 e. The van der Waals surface area contributed by atoms with Crippen molar-refractivity contribution in [2.75, 3.05) is 18.2 Å². The molecule has 3 N–H and O–H groups in total. The lowest BCUT2D eigenvalue weighted by atomic mass is 10.1. The first-order chi connectivity index (χ1) is 13.6. The first kappa shape index (κ1) is 19.4. The third-order valence-electron chi connectivity index (χ3n) is 4.41. The summed E-state index contributed by atoms with van der Waals surface area (Å²) in [5.74, 6) is 0.808. The molecule has 1 amide bonds. The van der Waals surface area contributed by atoms with Crippen molar-refractivity contribution in [3.05, 3.63) is 66.0 Å². The van der Waals surface area contributed by atoms with Gasteiger partial charge >= 0.3 is 0 Å². The predicted molar refractivity (Wildman–Crippen MR) is 109 cm³/mol. The van der Waals surface area contributed by atoms with E-state index in [1.54, 1.807) is 19.2 Å². The van der Waals surface area contributed by atoms with Gasteiger partial charge in [-0.05, 0) is 49.1 Å². The Morgan fingerprint density at radius 3 is 2.68 bits per heavy atom. The topological polar surface area (TPSA) is 95.1 Å². The van der Waals surface area contributed by atoms with Crippen molar-refractivity contribution in [1.29, 1.82) is 0 Å². The number of amides is 1. The van der Waals surface area contributed by atoms with E-state index >= 15 is 0 Å². The van der Waals surface area contributed by atoms with Crippen molar-refractivity contribution < 1.29 is 9.53 Å². The van der Waals surface area contributed by atoms with Gasteiger partial charge in [-0.25, -0.2) is 4.68 Å². The van der Waals surface area contributed by atoms with Crippen LogP contribution in [0.3, 0.4) is 0 Å². The second kappa shape index (κ2) is 9.55. The van der Waals surface area contributed by atoms with E-state index in [1.165, 1.54) is 0 Å². The fourth-order valence-electron chi connectivity index (χ4n) is 2.86. The summed E-state index contributed by atoms with van der Waals surface area (Å²) in [5, 5.41) is 11.2. The molecule has 2 aromatic carbocycles. The summed E-state index contributed by atoms with van der Waals surface area (Å²) < 4.78 is 6.99. The number of hydrogen-bond acceptors (Lipinski definition) is 5. The van der Waals surface area contributed by atoms with Crippen LogP contribution in [0.2, 0.25) is 0 Å². The van der Waals surface area contributed by atoms with E-state index in [0.29, 0.717) is 24.3 Å². The highest BCUT2D eigenvalue weighted by atomic mass is 16.5. The largest absolute Gasteiger partial charge is 0.497 e. The molecule has 1 aromatic heterocycles. The zero-order valence-corrected chi connectivity index (χ0v) is 16.0. The molecule has 3 aromatic rings. The SMILES string of the molecule is COc1ccc(Cn2cc(CCCCC(=O)Nc3ccccc3N)nn2)cc1. The zero-order valence-electron chi connectivity index (χ0n) is 16.0. The highest BCUT2D eigenvalue weighted by molar-refractivity contribution is 5.93. The molecule has 0 aliphatic carbocycles. The molecular weight excluding hydrogens is 354 g/mol. The molecule has 146 valence electrons.